The molecule has 4 heterocycles. The minimum absolute atomic E-state index is 0.164. The number of aryl methyl sites for hydroxylation is 1. The van der Waals surface area contributed by atoms with Crippen molar-refractivity contribution >= 4 is 22.2 Å². The maximum absolute atomic E-state index is 14.3. The summed E-state index contributed by atoms with van der Waals surface area (Å²) in [6, 6.07) is 10.2. The van der Waals surface area contributed by atoms with Crippen LogP contribution >= 0.6 is 0 Å². The number of aromatic nitrogens is 7. The first-order valence-corrected chi connectivity index (χ1v) is 10.1. The van der Waals surface area contributed by atoms with Gasteiger partial charge in [0, 0.05) is 18.8 Å². The number of pyridine rings is 1. The summed E-state index contributed by atoms with van der Waals surface area (Å²) in [7, 11) is 1.62. The highest BCUT2D eigenvalue weighted by atomic mass is 19.1. The zero-order chi connectivity index (χ0) is 22.4. The van der Waals surface area contributed by atoms with Crippen molar-refractivity contribution in [3.05, 3.63) is 64.5 Å². The first-order valence-electron chi connectivity index (χ1n) is 10.1. The van der Waals surface area contributed by atoms with E-state index in [0.717, 1.165) is 0 Å². The first kappa shape index (κ1) is 19.9. The van der Waals surface area contributed by atoms with Gasteiger partial charge in [0.1, 0.15) is 11.5 Å². The molecule has 0 spiro atoms. The maximum atomic E-state index is 14.3. The Morgan fingerprint density at radius 3 is 2.75 bits per heavy atom. The summed E-state index contributed by atoms with van der Waals surface area (Å²) in [5.41, 5.74) is 2.02. The number of imidazole rings is 1. The van der Waals surface area contributed by atoms with Gasteiger partial charge in [-0.05, 0) is 32.0 Å². The van der Waals surface area contributed by atoms with Gasteiger partial charge in [-0.3, -0.25) is 9.55 Å². The highest BCUT2D eigenvalue weighted by Gasteiger charge is 2.21. The molecule has 0 atom stereocenters. The summed E-state index contributed by atoms with van der Waals surface area (Å²) in [4.78, 5) is 28.5. The SMILES string of the molecule is CC(C)Oc1nc(-c2nn(Cc3ccccc3F)c3ncccc23)nc2[nH]c(=O)n(C)c12. The van der Waals surface area contributed by atoms with Crippen molar-refractivity contribution < 1.29 is 9.13 Å². The van der Waals surface area contributed by atoms with E-state index in [1.54, 1.807) is 42.2 Å². The Labute approximate surface area is 181 Å². The fourth-order valence-electron chi connectivity index (χ4n) is 3.59. The molecule has 0 bridgehead atoms. The molecule has 0 fully saturated rings. The molecule has 32 heavy (non-hydrogen) atoms. The van der Waals surface area contributed by atoms with Crippen LogP contribution in [-0.4, -0.2) is 40.4 Å². The molecule has 9 nitrogen and oxygen atoms in total. The Morgan fingerprint density at radius 2 is 1.97 bits per heavy atom. The number of nitrogens with one attached hydrogen (secondary N) is 1. The first-order chi connectivity index (χ1) is 15.4. The topological polar surface area (TPSA) is 104 Å². The van der Waals surface area contributed by atoms with Gasteiger partial charge >= 0.3 is 5.69 Å². The van der Waals surface area contributed by atoms with Gasteiger partial charge in [0.15, 0.2) is 22.6 Å². The Balaban J connectivity index is 1.71. The van der Waals surface area contributed by atoms with Crippen LogP contribution in [0.25, 0.3) is 33.7 Å². The lowest BCUT2D eigenvalue weighted by atomic mass is 10.2. The highest BCUT2D eigenvalue weighted by Crippen LogP contribution is 2.29. The third kappa shape index (κ3) is 3.29. The molecule has 1 N–H and O–H groups in total. The third-order valence-corrected chi connectivity index (χ3v) is 5.06. The molecule has 1 aromatic carbocycles. The average molecular weight is 433 g/mol. The van der Waals surface area contributed by atoms with E-state index in [2.05, 4.69) is 25.0 Å². The normalized spacial score (nSPS) is 11.7. The van der Waals surface area contributed by atoms with E-state index in [4.69, 9.17) is 4.74 Å². The minimum atomic E-state index is -0.323. The Bertz CT molecular complexity index is 1520. The second-order valence-electron chi connectivity index (χ2n) is 7.68. The van der Waals surface area contributed by atoms with Crippen molar-refractivity contribution in [2.75, 3.05) is 0 Å². The van der Waals surface area contributed by atoms with Crippen LogP contribution in [0.5, 0.6) is 5.88 Å². The number of H-pyrrole nitrogens is 1. The largest absolute Gasteiger partial charge is 0.473 e. The van der Waals surface area contributed by atoms with Crippen LogP contribution in [0.15, 0.2) is 47.4 Å². The molecule has 5 aromatic rings. The van der Waals surface area contributed by atoms with Gasteiger partial charge in [-0.15, -0.1) is 0 Å². The average Bonchev–Trinajstić information content (AvgIpc) is 3.27. The van der Waals surface area contributed by atoms with Crippen LogP contribution in [0.2, 0.25) is 0 Å². The van der Waals surface area contributed by atoms with E-state index < -0.39 is 0 Å². The molecule has 0 unspecified atom stereocenters. The number of aromatic amines is 1. The van der Waals surface area contributed by atoms with E-state index in [1.807, 2.05) is 19.9 Å². The Hall–Kier alpha value is -4.08. The number of hydrogen-bond acceptors (Lipinski definition) is 6. The van der Waals surface area contributed by atoms with Gasteiger partial charge in [-0.2, -0.15) is 10.1 Å². The molecule has 4 aromatic heterocycles. The number of benzene rings is 1. The van der Waals surface area contributed by atoms with Gasteiger partial charge in [0.25, 0.3) is 0 Å². The molecule has 0 aliphatic heterocycles. The van der Waals surface area contributed by atoms with Crippen molar-refractivity contribution in [1.82, 2.24) is 34.3 Å². The van der Waals surface area contributed by atoms with Crippen molar-refractivity contribution in [1.29, 1.82) is 0 Å². The zero-order valence-electron chi connectivity index (χ0n) is 17.7. The summed E-state index contributed by atoms with van der Waals surface area (Å²) < 4.78 is 23.2. The standard InChI is InChI=1S/C22H20FN7O2/c1-12(2)32-21-17-19(27-22(31)29(17)3)25-18(26-21)16-14-8-6-10-24-20(14)30(28-16)11-13-7-4-5-9-15(13)23/h4-10,12H,11H2,1-3H3,(H,25,26,27,31). The summed E-state index contributed by atoms with van der Waals surface area (Å²) in [6.07, 6.45) is 1.49. The van der Waals surface area contributed by atoms with Crippen LogP contribution in [0.1, 0.15) is 19.4 Å². The Kier molecular flexibility index (Phi) is 4.69. The number of fused-ring (bicyclic) bond motifs is 2. The number of nitrogens with zero attached hydrogens (tertiary/aromatic N) is 6. The van der Waals surface area contributed by atoms with Gasteiger partial charge in [0.2, 0.25) is 5.88 Å². The fraction of sp³-hybridized carbons (Fsp3) is 0.227. The second-order valence-corrected chi connectivity index (χ2v) is 7.68. The van der Waals surface area contributed by atoms with Crippen LogP contribution in [-0.2, 0) is 13.6 Å². The van der Waals surface area contributed by atoms with Crippen molar-refractivity contribution in [3.63, 3.8) is 0 Å². The van der Waals surface area contributed by atoms with E-state index >= 15 is 0 Å². The number of ether oxygens (including phenoxy) is 1. The van der Waals surface area contributed by atoms with Crippen LogP contribution in [0.3, 0.4) is 0 Å². The van der Waals surface area contributed by atoms with Crippen LogP contribution in [0, 0.1) is 5.82 Å². The molecule has 0 aliphatic rings. The predicted octanol–water partition coefficient (Wildman–Crippen LogP) is 3.04. The lowest BCUT2D eigenvalue weighted by Gasteiger charge is -2.11. The molecule has 5 rings (SSSR count). The predicted molar refractivity (Wildman–Crippen MR) is 117 cm³/mol. The molecule has 0 amide bonds. The molecule has 0 aliphatic carbocycles. The quantitative estimate of drug-likeness (QED) is 0.457. The fourth-order valence-corrected chi connectivity index (χ4v) is 3.59. The van der Waals surface area contributed by atoms with Crippen molar-refractivity contribution in [2.24, 2.45) is 7.05 Å². The molecule has 0 saturated carbocycles. The monoisotopic (exact) mass is 433 g/mol. The number of rotatable bonds is 5. The molecule has 0 saturated heterocycles. The van der Waals surface area contributed by atoms with Crippen molar-refractivity contribution in [3.8, 4) is 17.4 Å². The molecule has 10 heteroatoms. The van der Waals surface area contributed by atoms with Crippen molar-refractivity contribution in [2.45, 2.75) is 26.5 Å². The number of hydrogen-bond donors (Lipinski definition) is 1. The maximum Gasteiger partial charge on any atom is 0.327 e. The summed E-state index contributed by atoms with van der Waals surface area (Å²) in [6.45, 7) is 3.95. The summed E-state index contributed by atoms with van der Waals surface area (Å²) in [5.74, 6) is 0.239. The van der Waals surface area contributed by atoms with E-state index in [-0.39, 0.29) is 35.9 Å². The number of halogens is 1. The minimum Gasteiger partial charge on any atom is -0.473 e. The van der Waals surface area contributed by atoms with Crippen LogP contribution in [0.4, 0.5) is 4.39 Å². The molecular formula is C22H20FN7O2. The molecule has 162 valence electrons. The van der Waals surface area contributed by atoms with Gasteiger partial charge in [0.05, 0.1) is 18.0 Å². The van der Waals surface area contributed by atoms with Gasteiger partial charge in [-0.1, -0.05) is 18.2 Å². The van der Waals surface area contributed by atoms with Crippen LogP contribution < -0.4 is 10.4 Å². The summed E-state index contributed by atoms with van der Waals surface area (Å²) >= 11 is 0. The molecular weight excluding hydrogens is 413 g/mol. The second kappa shape index (κ2) is 7.56. The summed E-state index contributed by atoms with van der Waals surface area (Å²) in [5, 5.41) is 5.37. The van der Waals surface area contributed by atoms with E-state index in [9.17, 15) is 9.18 Å². The van der Waals surface area contributed by atoms with Gasteiger partial charge in [-0.25, -0.2) is 23.8 Å². The molecule has 0 radical (unpaired) electrons. The highest BCUT2D eigenvalue weighted by molar-refractivity contribution is 5.90. The van der Waals surface area contributed by atoms with E-state index in [0.29, 0.717) is 33.5 Å². The van der Waals surface area contributed by atoms with E-state index in [1.165, 1.54) is 10.6 Å². The van der Waals surface area contributed by atoms with Gasteiger partial charge < -0.3 is 4.74 Å². The lowest BCUT2D eigenvalue weighted by molar-refractivity contribution is 0.235. The lowest BCUT2D eigenvalue weighted by Crippen LogP contribution is -2.14. The third-order valence-electron chi connectivity index (χ3n) is 5.06. The Morgan fingerprint density at radius 1 is 1.16 bits per heavy atom. The smallest absolute Gasteiger partial charge is 0.327 e. The zero-order valence-corrected chi connectivity index (χ0v) is 17.7.